The van der Waals surface area contributed by atoms with Crippen molar-refractivity contribution in [3.8, 4) is 5.75 Å². The molecule has 0 amide bonds. The lowest BCUT2D eigenvalue weighted by atomic mass is 10.2. The molecule has 4 heteroatoms. The highest BCUT2D eigenvalue weighted by molar-refractivity contribution is 7.80. The SMILES string of the molecule is Oc1cc(S)c2sccc2c1Cl. The number of phenolic OH excluding ortho intramolecular Hbond substituents is 1. The van der Waals surface area contributed by atoms with Crippen LogP contribution < -0.4 is 0 Å². The average molecular weight is 217 g/mol. The summed E-state index contributed by atoms with van der Waals surface area (Å²) < 4.78 is 1.01. The molecule has 0 unspecified atom stereocenters. The van der Waals surface area contributed by atoms with Crippen molar-refractivity contribution in [3.63, 3.8) is 0 Å². The molecule has 2 rings (SSSR count). The molecule has 0 radical (unpaired) electrons. The van der Waals surface area contributed by atoms with Crippen molar-refractivity contribution in [1.82, 2.24) is 0 Å². The number of halogens is 1. The van der Waals surface area contributed by atoms with Crippen LogP contribution in [0.3, 0.4) is 0 Å². The Hall–Kier alpha value is -0.380. The largest absolute Gasteiger partial charge is 0.506 e. The second-order valence-corrected chi connectivity index (χ2v) is 4.17. The van der Waals surface area contributed by atoms with Crippen molar-refractivity contribution in [3.05, 3.63) is 22.5 Å². The van der Waals surface area contributed by atoms with Crippen LogP contribution in [0.1, 0.15) is 0 Å². The van der Waals surface area contributed by atoms with E-state index in [4.69, 9.17) is 11.6 Å². The Kier molecular flexibility index (Phi) is 1.94. The van der Waals surface area contributed by atoms with Crippen molar-refractivity contribution in [2.24, 2.45) is 0 Å². The van der Waals surface area contributed by atoms with Crippen LogP contribution in [0.2, 0.25) is 5.02 Å². The number of hydrogen-bond acceptors (Lipinski definition) is 3. The molecule has 0 saturated carbocycles. The molecule has 1 N–H and O–H groups in total. The van der Waals surface area contributed by atoms with E-state index >= 15 is 0 Å². The lowest BCUT2D eigenvalue weighted by Crippen LogP contribution is -1.72. The van der Waals surface area contributed by atoms with Gasteiger partial charge in [-0.1, -0.05) is 11.6 Å². The fourth-order valence-corrected chi connectivity index (χ4v) is 2.56. The summed E-state index contributed by atoms with van der Waals surface area (Å²) in [5.74, 6) is 0.0903. The van der Waals surface area contributed by atoms with Crippen LogP contribution in [0.15, 0.2) is 22.4 Å². The number of aromatic hydroxyl groups is 1. The quantitative estimate of drug-likeness (QED) is 0.646. The van der Waals surface area contributed by atoms with Crippen LogP contribution in [0, 0.1) is 0 Å². The first-order valence-corrected chi connectivity index (χ1v) is 4.98. The number of thiol groups is 1. The van der Waals surface area contributed by atoms with E-state index in [2.05, 4.69) is 12.6 Å². The molecule has 1 heterocycles. The van der Waals surface area contributed by atoms with Gasteiger partial charge in [0.1, 0.15) is 5.75 Å². The van der Waals surface area contributed by atoms with Gasteiger partial charge < -0.3 is 5.11 Å². The Balaban J connectivity index is 2.97. The first-order chi connectivity index (χ1) is 5.70. The first-order valence-electron chi connectivity index (χ1n) is 3.28. The molecule has 0 spiro atoms. The molecule has 0 atom stereocenters. The molecule has 1 aromatic heterocycles. The van der Waals surface area contributed by atoms with Gasteiger partial charge >= 0.3 is 0 Å². The lowest BCUT2D eigenvalue weighted by Gasteiger charge is -2.00. The van der Waals surface area contributed by atoms with Crippen LogP contribution in [-0.2, 0) is 0 Å². The second kappa shape index (κ2) is 2.83. The molecular formula is C8H5ClOS2. The smallest absolute Gasteiger partial charge is 0.135 e. The van der Waals surface area contributed by atoms with Crippen molar-refractivity contribution in [2.75, 3.05) is 0 Å². The number of phenols is 1. The predicted molar refractivity (Wildman–Crippen MR) is 55.8 cm³/mol. The van der Waals surface area contributed by atoms with Gasteiger partial charge in [0.25, 0.3) is 0 Å². The average Bonchev–Trinajstić information content (AvgIpc) is 2.48. The molecule has 0 saturated heterocycles. The normalized spacial score (nSPS) is 10.8. The van der Waals surface area contributed by atoms with Gasteiger partial charge in [-0.05, 0) is 17.5 Å². The van der Waals surface area contributed by atoms with Gasteiger partial charge in [-0.25, -0.2) is 0 Å². The Bertz CT molecular complexity index is 436. The highest BCUT2D eigenvalue weighted by Crippen LogP contribution is 2.38. The molecule has 1 nitrogen and oxygen atoms in total. The third-order valence-electron chi connectivity index (χ3n) is 1.63. The second-order valence-electron chi connectivity index (χ2n) is 2.39. The van der Waals surface area contributed by atoms with Crippen molar-refractivity contribution >= 4 is 45.7 Å². The molecular weight excluding hydrogens is 212 g/mol. The summed E-state index contributed by atoms with van der Waals surface area (Å²) in [5, 5.41) is 12.5. The molecule has 0 aliphatic carbocycles. The van der Waals surface area contributed by atoms with E-state index in [9.17, 15) is 5.11 Å². The standard InChI is InChI=1S/C8H5ClOS2/c9-7-4-1-2-12-8(4)6(11)3-5(7)10/h1-3,10-11H. The van der Waals surface area contributed by atoms with Gasteiger partial charge in [0.05, 0.1) is 5.02 Å². The Morgan fingerprint density at radius 3 is 3.00 bits per heavy atom. The predicted octanol–water partition coefficient (Wildman–Crippen LogP) is 3.55. The molecule has 62 valence electrons. The third kappa shape index (κ3) is 1.09. The molecule has 0 aliphatic heterocycles. The van der Waals surface area contributed by atoms with Crippen LogP contribution in [-0.4, -0.2) is 5.11 Å². The number of fused-ring (bicyclic) bond motifs is 1. The minimum Gasteiger partial charge on any atom is -0.506 e. The summed E-state index contributed by atoms with van der Waals surface area (Å²) >= 11 is 11.7. The third-order valence-corrected chi connectivity index (χ3v) is 3.48. The topological polar surface area (TPSA) is 20.2 Å². The number of rotatable bonds is 0. The molecule has 0 bridgehead atoms. The minimum atomic E-state index is 0.0903. The van der Waals surface area contributed by atoms with E-state index in [0.29, 0.717) is 5.02 Å². The number of thiophene rings is 1. The molecule has 0 fully saturated rings. The zero-order valence-electron chi connectivity index (χ0n) is 5.91. The van der Waals surface area contributed by atoms with Gasteiger partial charge in [-0.3, -0.25) is 0 Å². The maximum absolute atomic E-state index is 9.34. The minimum absolute atomic E-state index is 0.0903. The van der Waals surface area contributed by atoms with Crippen LogP contribution in [0.5, 0.6) is 5.75 Å². The monoisotopic (exact) mass is 216 g/mol. The summed E-state index contributed by atoms with van der Waals surface area (Å²) in [4.78, 5) is 0.766. The van der Waals surface area contributed by atoms with E-state index < -0.39 is 0 Å². The Morgan fingerprint density at radius 2 is 2.25 bits per heavy atom. The summed E-state index contributed by atoms with van der Waals surface area (Å²) in [6, 6.07) is 3.44. The van der Waals surface area contributed by atoms with Crippen molar-refractivity contribution < 1.29 is 5.11 Å². The van der Waals surface area contributed by atoms with E-state index in [1.165, 1.54) is 0 Å². The molecule has 0 aliphatic rings. The highest BCUT2D eigenvalue weighted by Gasteiger charge is 2.08. The lowest BCUT2D eigenvalue weighted by molar-refractivity contribution is 0.475. The fraction of sp³-hybridized carbons (Fsp3) is 0. The maximum atomic E-state index is 9.34. The van der Waals surface area contributed by atoms with Crippen LogP contribution in [0.4, 0.5) is 0 Å². The Morgan fingerprint density at radius 1 is 1.50 bits per heavy atom. The molecule has 12 heavy (non-hydrogen) atoms. The van der Waals surface area contributed by atoms with Crippen molar-refractivity contribution in [1.29, 1.82) is 0 Å². The van der Waals surface area contributed by atoms with Gasteiger partial charge in [0.2, 0.25) is 0 Å². The van der Waals surface area contributed by atoms with Crippen LogP contribution in [0.25, 0.3) is 10.1 Å². The number of hydrogen-bond donors (Lipinski definition) is 2. The van der Waals surface area contributed by atoms with E-state index in [-0.39, 0.29) is 5.75 Å². The summed E-state index contributed by atoms with van der Waals surface area (Å²) in [5.41, 5.74) is 0. The first kappa shape index (κ1) is 8.23. The summed E-state index contributed by atoms with van der Waals surface area (Å²) in [6.45, 7) is 0. The summed E-state index contributed by atoms with van der Waals surface area (Å²) in [7, 11) is 0. The summed E-state index contributed by atoms with van der Waals surface area (Å²) in [6.07, 6.45) is 0. The van der Waals surface area contributed by atoms with E-state index in [1.54, 1.807) is 17.4 Å². The van der Waals surface area contributed by atoms with Gasteiger partial charge in [0.15, 0.2) is 0 Å². The molecule has 2 aromatic rings. The fourth-order valence-electron chi connectivity index (χ4n) is 1.08. The van der Waals surface area contributed by atoms with Crippen LogP contribution >= 0.6 is 35.6 Å². The van der Waals surface area contributed by atoms with Gasteiger partial charge in [-0.15, -0.1) is 24.0 Å². The number of benzene rings is 1. The van der Waals surface area contributed by atoms with E-state index in [0.717, 1.165) is 15.0 Å². The highest BCUT2D eigenvalue weighted by atomic mass is 35.5. The zero-order chi connectivity index (χ0) is 8.72. The van der Waals surface area contributed by atoms with Gasteiger partial charge in [-0.2, -0.15) is 0 Å². The van der Waals surface area contributed by atoms with Crippen molar-refractivity contribution in [2.45, 2.75) is 4.90 Å². The maximum Gasteiger partial charge on any atom is 0.135 e. The zero-order valence-corrected chi connectivity index (χ0v) is 8.38. The molecule has 1 aromatic carbocycles. The van der Waals surface area contributed by atoms with E-state index in [1.807, 2.05) is 11.4 Å². The Labute approximate surface area is 84.0 Å². The van der Waals surface area contributed by atoms with Gasteiger partial charge in [0, 0.05) is 15.0 Å².